The number of alkyl carbamates (subject to hydrolysis) is 1. The van der Waals surface area contributed by atoms with Gasteiger partial charge in [-0.15, -0.1) is 0 Å². The molecular formula is C24H22N4O6. The number of aromatic nitrogens is 2. The molecule has 2 aromatic carbocycles. The summed E-state index contributed by atoms with van der Waals surface area (Å²) in [5.41, 5.74) is 3.80. The van der Waals surface area contributed by atoms with Crippen LogP contribution in [-0.4, -0.2) is 45.9 Å². The Hall–Kier alpha value is -4.47. The zero-order valence-electron chi connectivity index (χ0n) is 18.0. The Labute approximate surface area is 194 Å². The highest BCUT2D eigenvalue weighted by molar-refractivity contribution is 5.96. The number of carbonyl (C=O) groups is 3. The van der Waals surface area contributed by atoms with Gasteiger partial charge in [0.1, 0.15) is 12.6 Å². The van der Waals surface area contributed by atoms with Gasteiger partial charge in [0, 0.05) is 18.4 Å². The topological polar surface area (TPSA) is 150 Å². The summed E-state index contributed by atoms with van der Waals surface area (Å²) in [5, 5.41) is 19.7. The Morgan fingerprint density at radius 3 is 2.24 bits per heavy atom. The van der Waals surface area contributed by atoms with Crippen LogP contribution in [0.1, 0.15) is 29.9 Å². The van der Waals surface area contributed by atoms with E-state index in [9.17, 15) is 19.2 Å². The minimum atomic E-state index is -1.18. The van der Waals surface area contributed by atoms with Gasteiger partial charge in [-0.1, -0.05) is 48.5 Å². The molecule has 1 heterocycles. The summed E-state index contributed by atoms with van der Waals surface area (Å²) in [4.78, 5) is 47.3. The molecule has 0 spiro atoms. The van der Waals surface area contributed by atoms with Gasteiger partial charge in [0.05, 0.1) is 0 Å². The third-order valence-electron chi connectivity index (χ3n) is 5.53. The minimum Gasteiger partial charge on any atom is -0.481 e. The summed E-state index contributed by atoms with van der Waals surface area (Å²) in [6, 6.07) is 17.1. The van der Waals surface area contributed by atoms with E-state index in [0.29, 0.717) is 0 Å². The maximum atomic E-state index is 12.6. The number of carboxylic acids is 1. The molecule has 4 rings (SSSR count). The van der Waals surface area contributed by atoms with Crippen molar-refractivity contribution >= 4 is 23.8 Å². The second-order valence-electron chi connectivity index (χ2n) is 7.75. The lowest BCUT2D eigenvalue weighted by Crippen LogP contribution is -2.44. The second-order valence-corrected chi connectivity index (χ2v) is 7.75. The fourth-order valence-electron chi connectivity index (χ4n) is 3.95. The number of carboxylic acid groups (broad SMARTS) is 1. The Balaban J connectivity index is 1.42. The first-order valence-corrected chi connectivity index (χ1v) is 10.6. The summed E-state index contributed by atoms with van der Waals surface area (Å²) in [6.45, 7) is 0.0502. The summed E-state index contributed by atoms with van der Waals surface area (Å²) in [5.74, 6) is -1.90. The first kappa shape index (κ1) is 22.7. The van der Waals surface area contributed by atoms with Crippen molar-refractivity contribution in [2.24, 2.45) is 0 Å². The van der Waals surface area contributed by atoms with E-state index in [4.69, 9.17) is 9.84 Å². The van der Waals surface area contributed by atoms with Crippen LogP contribution in [-0.2, 0) is 14.3 Å². The Morgan fingerprint density at radius 2 is 1.65 bits per heavy atom. The molecule has 2 amide bonds. The number of aromatic amines is 1. The van der Waals surface area contributed by atoms with Gasteiger partial charge in [-0.25, -0.2) is 9.89 Å². The molecule has 0 fully saturated rings. The number of benzene rings is 2. The van der Waals surface area contributed by atoms with Crippen LogP contribution < -0.4 is 16.2 Å². The summed E-state index contributed by atoms with van der Waals surface area (Å²) < 4.78 is 5.45. The molecule has 0 bridgehead atoms. The second kappa shape index (κ2) is 9.99. The summed E-state index contributed by atoms with van der Waals surface area (Å²) >= 11 is 0. The maximum Gasteiger partial charge on any atom is 0.407 e. The van der Waals surface area contributed by atoms with Crippen LogP contribution in [0.15, 0.2) is 65.5 Å². The van der Waals surface area contributed by atoms with E-state index < -0.39 is 29.6 Å². The van der Waals surface area contributed by atoms with Crippen molar-refractivity contribution in [3.63, 3.8) is 0 Å². The number of fused-ring (bicyclic) bond motifs is 3. The Morgan fingerprint density at radius 1 is 1.00 bits per heavy atom. The first-order valence-electron chi connectivity index (χ1n) is 10.6. The standard InChI is InChI=1S/C24H22N4O6/c29-21-11-10-20(27-28-21)26-23(32)19(9-12-22(30)31)25-24(33)34-13-18-16-7-3-1-5-14(16)15-6-2-4-8-17(15)18/h1-8,10-11,18-19H,9,12-13H2,(H,25,33)(H,28,29)(H,30,31)(H,26,27,32). The molecule has 1 aliphatic rings. The van der Waals surface area contributed by atoms with Crippen LogP contribution in [0.5, 0.6) is 0 Å². The molecule has 10 heteroatoms. The fraction of sp³-hybridized carbons (Fsp3) is 0.208. The molecule has 34 heavy (non-hydrogen) atoms. The molecule has 0 saturated heterocycles. The van der Waals surface area contributed by atoms with Crippen LogP contribution in [0.2, 0.25) is 0 Å². The quantitative estimate of drug-likeness (QED) is 0.401. The van der Waals surface area contributed by atoms with E-state index in [1.165, 1.54) is 12.1 Å². The normalized spacial score (nSPS) is 12.8. The lowest BCUT2D eigenvalue weighted by Gasteiger charge is -2.19. The molecule has 3 aromatic rings. The van der Waals surface area contributed by atoms with Crippen LogP contribution >= 0.6 is 0 Å². The van der Waals surface area contributed by atoms with Crippen LogP contribution in [0.25, 0.3) is 11.1 Å². The largest absolute Gasteiger partial charge is 0.481 e. The van der Waals surface area contributed by atoms with Gasteiger partial charge in [-0.2, -0.15) is 5.10 Å². The molecule has 10 nitrogen and oxygen atoms in total. The monoisotopic (exact) mass is 462 g/mol. The summed E-state index contributed by atoms with van der Waals surface area (Å²) in [6.07, 6.45) is -1.35. The first-order chi connectivity index (χ1) is 16.4. The number of amides is 2. The van der Waals surface area contributed by atoms with E-state index in [1.807, 2.05) is 48.5 Å². The van der Waals surface area contributed by atoms with Gasteiger partial charge >= 0.3 is 12.1 Å². The van der Waals surface area contributed by atoms with Gasteiger partial charge in [0.15, 0.2) is 5.82 Å². The number of anilines is 1. The van der Waals surface area contributed by atoms with E-state index in [0.717, 1.165) is 22.3 Å². The van der Waals surface area contributed by atoms with Gasteiger partial charge in [0.2, 0.25) is 5.91 Å². The molecule has 4 N–H and O–H groups in total. The third kappa shape index (κ3) is 5.12. The number of rotatable bonds is 8. The molecular weight excluding hydrogens is 440 g/mol. The molecule has 0 aliphatic heterocycles. The molecule has 1 aliphatic carbocycles. The Bertz CT molecular complexity index is 1220. The number of hydrogen-bond donors (Lipinski definition) is 4. The van der Waals surface area contributed by atoms with Gasteiger partial charge in [-0.05, 0) is 34.7 Å². The number of H-pyrrole nitrogens is 1. The van der Waals surface area contributed by atoms with E-state index in [1.54, 1.807) is 0 Å². The van der Waals surface area contributed by atoms with E-state index in [-0.39, 0.29) is 31.2 Å². The fourth-order valence-corrected chi connectivity index (χ4v) is 3.95. The molecule has 1 atom stereocenters. The van der Waals surface area contributed by atoms with Crippen molar-refractivity contribution in [1.82, 2.24) is 15.5 Å². The molecule has 0 radical (unpaired) electrons. The number of nitrogens with one attached hydrogen (secondary N) is 3. The van der Waals surface area contributed by atoms with Crippen molar-refractivity contribution in [3.05, 3.63) is 82.1 Å². The van der Waals surface area contributed by atoms with Crippen LogP contribution in [0.3, 0.4) is 0 Å². The lowest BCUT2D eigenvalue weighted by atomic mass is 9.98. The SMILES string of the molecule is O=C(O)CCC(NC(=O)OCC1c2ccccc2-c2ccccc21)C(=O)Nc1ccc(=O)[nH]n1. The molecule has 174 valence electrons. The number of carbonyl (C=O) groups excluding carboxylic acids is 2. The maximum absolute atomic E-state index is 12.6. The number of ether oxygens (including phenoxy) is 1. The highest BCUT2D eigenvalue weighted by atomic mass is 16.5. The zero-order valence-corrected chi connectivity index (χ0v) is 18.0. The van der Waals surface area contributed by atoms with Crippen LogP contribution in [0.4, 0.5) is 10.6 Å². The number of hydrogen-bond acceptors (Lipinski definition) is 6. The molecule has 1 unspecified atom stereocenters. The predicted octanol–water partition coefficient (Wildman–Crippen LogP) is 2.48. The van der Waals surface area contributed by atoms with E-state index in [2.05, 4.69) is 20.8 Å². The smallest absolute Gasteiger partial charge is 0.407 e. The predicted molar refractivity (Wildman–Crippen MR) is 122 cm³/mol. The van der Waals surface area contributed by atoms with E-state index >= 15 is 0 Å². The third-order valence-corrected chi connectivity index (χ3v) is 5.53. The van der Waals surface area contributed by atoms with Crippen molar-refractivity contribution in [2.75, 3.05) is 11.9 Å². The lowest BCUT2D eigenvalue weighted by molar-refractivity contribution is -0.137. The average Bonchev–Trinajstić information content (AvgIpc) is 3.15. The highest BCUT2D eigenvalue weighted by Crippen LogP contribution is 2.44. The summed E-state index contributed by atoms with van der Waals surface area (Å²) in [7, 11) is 0. The van der Waals surface area contributed by atoms with Gasteiger partial charge < -0.3 is 20.5 Å². The van der Waals surface area contributed by atoms with Crippen molar-refractivity contribution in [1.29, 1.82) is 0 Å². The number of nitrogens with zero attached hydrogens (tertiary/aromatic N) is 1. The van der Waals surface area contributed by atoms with Crippen molar-refractivity contribution < 1.29 is 24.2 Å². The molecule has 0 saturated carbocycles. The average molecular weight is 462 g/mol. The van der Waals surface area contributed by atoms with Crippen LogP contribution in [0, 0.1) is 0 Å². The van der Waals surface area contributed by atoms with Gasteiger partial charge in [0.25, 0.3) is 5.56 Å². The molecule has 1 aromatic heterocycles. The van der Waals surface area contributed by atoms with Crippen molar-refractivity contribution in [2.45, 2.75) is 24.8 Å². The Kier molecular flexibility index (Phi) is 6.67. The highest BCUT2D eigenvalue weighted by Gasteiger charge is 2.30. The van der Waals surface area contributed by atoms with Gasteiger partial charge in [-0.3, -0.25) is 14.4 Å². The zero-order chi connectivity index (χ0) is 24.1. The van der Waals surface area contributed by atoms with Crippen molar-refractivity contribution in [3.8, 4) is 11.1 Å². The minimum absolute atomic E-state index is 0.0502. The number of aliphatic carboxylic acids is 1.